The molecule has 0 bridgehead atoms. The Balaban J connectivity index is 2.08. The van der Waals surface area contributed by atoms with Gasteiger partial charge in [0.05, 0.1) is 19.2 Å². The standard InChI is InChI=1S/C13H15N3O2/c1-9-7-10(13(17)18-2)3-4-11(9)16-8-12-14-5-6-15-12/h3-7,16H,8H2,1-2H3,(H,14,15). The van der Waals surface area contributed by atoms with E-state index in [0.717, 1.165) is 17.1 Å². The Kier molecular flexibility index (Phi) is 3.62. The highest BCUT2D eigenvalue weighted by Gasteiger charge is 2.07. The average Bonchev–Trinajstić information content (AvgIpc) is 2.89. The van der Waals surface area contributed by atoms with Crippen LogP contribution in [0.15, 0.2) is 30.6 Å². The van der Waals surface area contributed by atoms with E-state index in [1.165, 1.54) is 7.11 Å². The molecule has 94 valence electrons. The van der Waals surface area contributed by atoms with Crippen LogP contribution in [0.1, 0.15) is 21.7 Å². The fourth-order valence-electron chi connectivity index (χ4n) is 1.68. The number of imidazole rings is 1. The zero-order valence-electron chi connectivity index (χ0n) is 10.4. The molecule has 0 aliphatic rings. The van der Waals surface area contributed by atoms with Gasteiger partial charge in [0.2, 0.25) is 0 Å². The molecule has 0 aliphatic carbocycles. The molecule has 1 aromatic heterocycles. The third kappa shape index (κ3) is 2.68. The first-order valence-corrected chi connectivity index (χ1v) is 5.62. The highest BCUT2D eigenvalue weighted by molar-refractivity contribution is 5.90. The van der Waals surface area contributed by atoms with Gasteiger partial charge < -0.3 is 15.0 Å². The van der Waals surface area contributed by atoms with Crippen LogP contribution in [0, 0.1) is 6.92 Å². The van der Waals surface area contributed by atoms with E-state index < -0.39 is 0 Å². The maximum absolute atomic E-state index is 11.4. The van der Waals surface area contributed by atoms with Gasteiger partial charge in [-0.3, -0.25) is 0 Å². The first-order chi connectivity index (χ1) is 8.70. The lowest BCUT2D eigenvalue weighted by Crippen LogP contribution is -2.05. The number of anilines is 1. The molecular weight excluding hydrogens is 230 g/mol. The van der Waals surface area contributed by atoms with Crippen molar-refractivity contribution in [1.82, 2.24) is 9.97 Å². The van der Waals surface area contributed by atoms with Crippen molar-refractivity contribution in [2.75, 3.05) is 12.4 Å². The highest BCUT2D eigenvalue weighted by atomic mass is 16.5. The maximum atomic E-state index is 11.4. The zero-order chi connectivity index (χ0) is 13.0. The maximum Gasteiger partial charge on any atom is 0.337 e. The molecule has 1 aromatic carbocycles. The first kappa shape index (κ1) is 12.2. The lowest BCUT2D eigenvalue weighted by molar-refractivity contribution is 0.0600. The molecule has 5 nitrogen and oxygen atoms in total. The summed E-state index contributed by atoms with van der Waals surface area (Å²) in [7, 11) is 1.38. The summed E-state index contributed by atoms with van der Waals surface area (Å²) in [6.45, 7) is 2.56. The predicted molar refractivity (Wildman–Crippen MR) is 68.4 cm³/mol. The number of hydrogen-bond donors (Lipinski definition) is 2. The van der Waals surface area contributed by atoms with Crippen LogP contribution in [0.3, 0.4) is 0 Å². The van der Waals surface area contributed by atoms with Crippen molar-refractivity contribution in [1.29, 1.82) is 0 Å². The van der Waals surface area contributed by atoms with Gasteiger partial charge in [-0.2, -0.15) is 0 Å². The van der Waals surface area contributed by atoms with Crippen LogP contribution in [-0.4, -0.2) is 23.0 Å². The Bertz CT molecular complexity index is 535. The van der Waals surface area contributed by atoms with Gasteiger partial charge in [-0.05, 0) is 30.7 Å². The molecule has 18 heavy (non-hydrogen) atoms. The number of ether oxygens (including phenoxy) is 1. The summed E-state index contributed by atoms with van der Waals surface area (Å²) < 4.78 is 4.68. The average molecular weight is 245 g/mol. The Morgan fingerprint density at radius 3 is 2.94 bits per heavy atom. The first-order valence-electron chi connectivity index (χ1n) is 5.62. The van der Waals surface area contributed by atoms with Gasteiger partial charge in [0.1, 0.15) is 5.82 Å². The van der Waals surface area contributed by atoms with Gasteiger partial charge in [0.15, 0.2) is 0 Å². The smallest absolute Gasteiger partial charge is 0.337 e. The lowest BCUT2D eigenvalue weighted by Gasteiger charge is -2.09. The summed E-state index contributed by atoms with van der Waals surface area (Å²) in [6.07, 6.45) is 3.49. The number of H-pyrrole nitrogens is 1. The fraction of sp³-hybridized carbons (Fsp3) is 0.231. The second kappa shape index (κ2) is 5.35. The summed E-state index contributed by atoms with van der Waals surface area (Å²) in [4.78, 5) is 18.5. The number of aromatic amines is 1. The number of aryl methyl sites for hydroxylation is 1. The fourth-order valence-corrected chi connectivity index (χ4v) is 1.68. The Labute approximate surface area is 105 Å². The van der Waals surface area contributed by atoms with E-state index in [9.17, 15) is 4.79 Å². The molecule has 0 saturated heterocycles. The summed E-state index contributed by atoms with van der Waals surface area (Å²) in [5, 5.41) is 3.25. The van der Waals surface area contributed by atoms with E-state index >= 15 is 0 Å². The molecule has 5 heteroatoms. The predicted octanol–water partition coefficient (Wildman–Crippen LogP) is 2.12. The number of esters is 1. The molecule has 0 fully saturated rings. The van der Waals surface area contributed by atoms with Crippen LogP contribution in [0.25, 0.3) is 0 Å². The number of rotatable bonds is 4. The lowest BCUT2D eigenvalue weighted by atomic mass is 10.1. The van der Waals surface area contributed by atoms with Gasteiger partial charge in [-0.15, -0.1) is 0 Å². The van der Waals surface area contributed by atoms with Gasteiger partial charge >= 0.3 is 5.97 Å². The van der Waals surface area contributed by atoms with Crippen molar-refractivity contribution < 1.29 is 9.53 Å². The minimum absolute atomic E-state index is 0.323. The molecule has 0 amide bonds. The second-order valence-electron chi connectivity index (χ2n) is 3.91. The number of carbonyl (C=O) groups excluding carboxylic acids is 1. The Morgan fingerprint density at radius 2 is 2.33 bits per heavy atom. The highest BCUT2D eigenvalue weighted by Crippen LogP contribution is 2.17. The zero-order valence-corrected chi connectivity index (χ0v) is 10.4. The molecule has 2 aromatic rings. The number of aromatic nitrogens is 2. The second-order valence-corrected chi connectivity index (χ2v) is 3.91. The van der Waals surface area contributed by atoms with Crippen LogP contribution in [-0.2, 0) is 11.3 Å². The number of nitrogens with zero attached hydrogens (tertiary/aromatic N) is 1. The topological polar surface area (TPSA) is 67.0 Å². The van der Waals surface area contributed by atoms with Gasteiger partial charge in [-0.1, -0.05) is 0 Å². The van der Waals surface area contributed by atoms with Crippen molar-refractivity contribution in [3.63, 3.8) is 0 Å². The molecule has 0 unspecified atom stereocenters. The number of benzene rings is 1. The third-order valence-corrected chi connectivity index (χ3v) is 2.65. The summed E-state index contributed by atoms with van der Waals surface area (Å²) in [6, 6.07) is 5.41. The largest absolute Gasteiger partial charge is 0.465 e. The minimum atomic E-state index is -0.323. The van der Waals surface area contributed by atoms with Crippen molar-refractivity contribution in [3.05, 3.63) is 47.5 Å². The summed E-state index contributed by atoms with van der Waals surface area (Å²) in [5.74, 6) is 0.544. The van der Waals surface area contributed by atoms with Crippen molar-refractivity contribution in [2.45, 2.75) is 13.5 Å². The van der Waals surface area contributed by atoms with Gasteiger partial charge in [-0.25, -0.2) is 9.78 Å². The summed E-state index contributed by atoms with van der Waals surface area (Å²) in [5.41, 5.74) is 2.52. The number of nitrogens with one attached hydrogen (secondary N) is 2. The molecular formula is C13H15N3O2. The number of carbonyl (C=O) groups is 1. The van der Waals surface area contributed by atoms with Crippen LogP contribution < -0.4 is 5.32 Å². The molecule has 0 radical (unpaired) electrons. The van der Waals surface area contributed by atoms with Gasteiger partial charge in [0, 0.05) is 18.1 Å². The van der Waals surface area contributed by atoms with Crippen molar-refractivity contribution in [2.24, 2.45) is 0 Å². The SMILES string of the molecule is COC(=O)c1ccc(NCc2ncc[nH]2)c(C)c1. The van der Waals surface area contributed by atoms with E-state index in [4.69, 9.17) is 0 Å². The normalized spacial score (nSPS) is 10.1. The third-order valence-electron chi connectivity index (χ3n) is 2.65. The van der Waals surface area contributed by atoms with Crippen molar-refractivity contribution >= 4 is 11.7 Å². The van der Waals surface area contributed by atoms with Crippen LogP contribution in [0.5, 0.6) is 0 Å². The number of hydrogen-bond acceptors (Lipinski definition) is 4. The van der Waals surface area contributed by atoms with Crippen LogP contribution in [0.4, 0.5) is 5.69 Å². The monoisotopic (exact) mass is 245 g/mol. The molecule has 2 rings (SSSR count). The molecule has 0 atom stereocenters. The Hall–Kier alpha value is -2.30. The van der Waals surface area contributed by atoms with Crippen LogP contribution >= 0.6 is 0 Å². The minimum Gasteiger partial charge on any atom is -0.465 e. The Morgan fingerprint density at radius 1 is 1.50 bits per heavy atom. The number of methoxy groups -OCH3 is 1. The molecule has 1 heterocycles. The van der Waals surface area contributed by atoms with E-state index in [1.807, 2.05) is 13.0 Å². The van der Waals surface area contributed by atoms with E-state index in [0.29, 0.717) is 12.1 Å². The molecule has 0 aliphatic heterocycles. The van der Waals surface area contributed by atoms with E-state index in [2.05, 4.69) is 20.0 Å². The van der Waals surface area contributed by atoms with Crippen LogP contribution in [0.2, 0.25) is 0 Å². The quantitative estimate of drug-likeness (QED) is 0.810. The van der Waals surface area contributed by atoms with Gasteiger partial charge in [0.25, 0.3) is 0 Å². The molecule has 0 saturated carbocycles. The molecule has 0 spiro atoms. The van der Waals surface area contributed by atoms with E-state index in [-0.39, 0.29) is 5.97 Å². The summed E-state index contributed by atoms with van der Waals surface area (Å²) >= 11 is 0. The van der Waals surface area contributed by atoms with E-state index in [1.54, 1.807) is 24.5 Å². The molecule has 2 N–H and O–H groups in total. The van der Waals surface area contributed by atoms with Crippen molar-refractivity contribution in [3.8, 4) is 0 Å².